The maximum absolute atomic E-state index is 12.0. The number of Topliss-reactive ketones (excluding diaryl/α,β-unsaturated/α-hetero) is 1. The fraction of sp³-hybridized carbons (Fsp3) is 0.333. The van der Waals surface area contributed by atoms with E-state index in [1.807, 2.05) is 45.2 Å². The Morgan fingerprint density at radius 1 is 1.33 bits per heavy atom. The molecule has 0 aliphatic rings. The van der Waals surface area contributed by atoms with E-state index in [-0.39, 0.29) is 11.7 Å². The van der Waals surface area contributed by atoms with Gasteiger partial charge >= 0.3 is 0 Å². The summed E-state index contributed by atoms with van der Waals surface area (Å²) in [5.74, 6) is 0.148. The van der Waals surface area contributed by atoms with Crippen LogP contribution in [0.3, 0.4) is 0 Å². The Labute approximate surface area is 88.7 Å². The van der Waals surface area contributed by atoms with Crippen molar-refractivity contribution < 1.29 is 4.79 Å². The molecular weight excluding hydrogens is 188 g/mol. The number of ketones is 1. The Bertz CT molecular complexity index is 511. The third-order valence-corrected chi connectivity index (χ3v) is 2.50. The van der Waals surface area contributed by atoms with Crippen molar-refractivity contribution in [3.63, 3.8) is 0 Å². The van der Waals surface area contributed by atoms with Crippen molar-refractivity contribution in [1.29, 1.82) is 0 Å². The average Bonchev–Trinajstić information content (AvgIpc) is 2.52. The molecule has 1 aromatic carbocycles. The number of hydrogen-bond donors (Lipinski definition) is 0. The number of benzene rings is 1. The monoisotopic (exact) mass is 202 g/mol. The van der Waals surface area contributed by atoms with Crippen LogP contribution in [0.25, 0.3) is 10.9 Å². The molecular formula is C12H14N2O. The van der Waals surface area contributed by atoms with Crippen LogP contribution in [0.15, 0.2) is 24.3 Å². The third-order valence-electron chi connectivity index (χ3n) is 2.50. The third kappa shape index (κ3) is 1.54. The predicted molar refractivity (Wildman–Crippen MR) is 59.9 cm³/mol. The number of aromatic nitrogens is 2. The smallest absolute Gasteiger partial charge is 0.183 e. The van der Waals surface area contributed by atoms with Gasteiger partial charge in [-0.3, -0.25) is 9.48 Å². The molecule has 0 spiro atoms. The van der Waals surface area contributed by atoms with Gasteiger partial charge in [0.05, 0.1) is 5.52 Å². The number of aryl methyl sites for hydroxylation is 1. The van der Waals surface area contributed by atoms with Gasteiger partial charge in [-0.05, 0) is 6.07 Å². The first-order chi connectivity index (χ1) is 7.11. The summed E-state index contributed by atoms with van der Waals surface area (Å²) < 4.78 is 1.67. The standard InChI is InChI=1S/C12H14N2O/c1-8(2)12(15)11-9-6-4-5-7-10(9)13-14(11)3/h4-8H,1-3H3. The molecule has 0 amide bonds. The molecule has 0 aliphatic carbocycles. The summed E-state index contributed by atoms with van der Waals surface area (Å²) in [5.41, 5.74) is 1.59. The molecule has 0 aliphatic heterocycles. The van der Waals surface area contributed by atoms with Crippen LogP contribution in [-0.2, 0) is 7.05 Å². The zero-order valence-electron chi connectivity index (χ0n) is 9.19. The minimum absolute atomic E-state index is 0.00352. The first-order valence-corrected chi connectivity index (χ1v) is 5.07. The number of hydrogen-bond acceptors (Lipinski definition) is 2. The highest BCUT2D eigenvalue weighted by molar-refractivity contribution is 6.06. The van der Waals surface area contributed by atoms with Crippen molar-refractivity contribution in [1.82, 2.24) is 9.78 Å². The second-order valence-electron chi connectivity index (χ2n) is 4.01. The lowest BCUT2D eigenvalue weighted by Gasteiger charge is -2.04. The number of carbonyl (C=O) groups excluding carboxylic acids is 1. The molecule has 0 bridgehead atoms. The van der Waals surface area contributed by atoms with Crippen LogP contribution in [0.2, 0.25) is 0 Å². The lowest BCUT2D eigenvalue weighted by molar-refractivity contribution is 0.0931. The van der Waals surface area contributed by atoms with Crippen LogP contribution in [0, 0.1) is 5.92 Å². The van der Waals surface area contributed by atoms with E-state index in [4.69, 9.17) is 0 Å². The van der Waals surface area contributed by atoms with Gasteiger partial charge in [0, 0.05) is 18.4 Å². The van der Waals surface area contributed by atoms with Crippen molar-refractivity contribution in [3.8, 4) is 0 Å². The molecule has 0 unspecified atom stereocenters. The highest BCUT2D eigenvalue weighted by atomic mass is 16.1. The van der Waals surface area contributed by atoms with Crippen molar-refractivity contribution >= 4 is 16.7 Å². The minimum atomic E-state index is 0.00352. The maximum atomic E-state index is 12.0. The molecule has 2 rings (SSSR count). The number of rotatable bonds is 2. The molecule has 0 fully saturated rings. The van der Waals surface area contributed by atoms with E-state index in [0.29, 0.717) is 5.69 Å². The van der Waals surface area contributed by atoms with Crippen LogP contribution in [0.5, 0.6) is 0 Å². The molecule has 0 atom stereocenters. The van der Waals surface area contributed by atoms with Crippen LogP contribution < -0.4 is 0 Å². The first kappa shape index (κ1) is 9.90. The zero-order chi connectivity index (χ0) is 11.0. The van der Waals surface area contributed by atoms with Crippen LogP contribution in [-0.4, -0.2) is 15.6 Å². The lowest BCUT2D eigenvalue weighted by atomic mass is 10.0. The van der Waals surface area contributed by atoms with Crippen LogP contribution in [0.1, 0.15) is 24.3 Å². The molecule has 0 saturated carbocycles. The van der Waals surface area contributed by atoms with Crippen molar-refractivity contribution in [2.75, 3.05) is 0 Å². The SMILES string of the molecule is CC(C)C(=O)c1c2ccccc2nn1C. The Morgan fingerprint density at radius 3 is 2.67 bits per heavy atom. The summed E-state index contributed by atoms with van der Waals surface area (Å²) in [5, 5.41) is 5.26. The topological polar surface area (TPSA) is 34.9 Å². The average molecular weight is 202 g/mol. The zero-order valence-corrected chi connectivity index (χ0v) is 9.19. The van der Waals surface area contributed by atoms with E-state index in [1.54, 1.807) is 4.68 Å². The maximum Gasteiger partial charge on any atom is 0.183 e. The van der Waals surface area contributed by atoms with Gasteiger partial charge in [-0.15, -0.1) is 0 Å². The van der Waals surface area contributed by atoms with E-state index < -0.39 is 0 Å². The quantitative estimate of drug-likeness (QED) is 0.701. The molecule has 1 heterocycles. The minimum Gasteiger partial charge on any atom is -0.292 e. The summed E-state index contributed by atoms with van der Waals surface area (Å²) in [6.45, 7) is 3.81. The molecule has 0 saturated heterocycles. The van der Waals surface area contributed by atoms with Crippen molar-refractivity contribution in [2.24, 2.45) is 13.0 Å². The fourth-order valence-electron chi connectivity index (χ4n) is 1.71. The molecule has 3 heteroatoms. The number of nitrogens with zero attached hydrogens (tertiary/aromatic N) is 2. The van der Waals surface area contributed by atoms with Gasteiger partial charge in [-0.2, -0.15) is 5.10 Å². The van der Waals surface area contributed by atoms with E-state index >= 15 is 0 Å². The van der Waals surface area contributed by atoms with Gasteiger partial charge in [0.2, 0.25) is 0 Å². The van der Waals surface area contributed by atoms with Gasteiger partial charge in [0.15, 0.2) is 5.78 Å². The van der Waals surface area contributed by atoms with Gasteiger partial charge in [0.25, 0.3) is 0 Å². The normalized spacial score (nSPS) is 11.2. The summed E-state index contributed by atoms with van der Waals surface area (Å²) in [6, 6.07) is 7.73. The number of fused-ring (bicyclic) bond motifs is 1. The van der Waals surface area contributed by atoms with Crippen molar-refractivity contribution in [3.05, 3.63) is 30.0 Å². The predicted octanol–water partition coefficient (Wildman–Crippen LogP) is 2.41. The van der Waals surface area contributed by atoms with Gasteiger partial charge in [-0.25, -0.2) is 0 Å². The summed E-state index contributed by atoms with van der Waals surface area (Å²) in [4.78, 5) is 12.0. The summed E-state index contributed by atoms with van der Waals surface area (Å²) in [6.07, 6.45) is 0. The second-order valence-corrected chi connectivity index (χ2v) is 4.01. The molecule has 15 heavy (non-hydrogen) atoms. The Balaban J connectivity index is 2.69. The lowest BCUT2D eigenvalue weighted by Crippen LogP contribution is -2.12. The van der Waals surface area contributed by atoms with E-state index in [9.17, 15) is 4.79 Å². The van der Waals surface area contributed by atoms with Crippen LogP contribution >= 0.6 is 0 Å². The van der Waals surface area contributed by atoms with Gasteiger partial charge in [0.1, 0.15) is 5.69 Å². The second kappa shape index (κ2) is 3.50. The Hall–Kier alpha value is -1.64. The highest BCUT2D eigenvalue weighted by Crippen LogP contribution is 2.20. The van der Waals surface area contributed by atoms with Crippen molar-refractivity contribution in [2.45, 2.75) is 13.8 Å². The Morgan fingerprint density at radius 2 is 2.00 bits per heavy atom. The van der Waals surface area contributed by atoms with Gasteiger partial charge < -0.3 is 0 Å². The van der Waals surface area contributed by atoms with E-state index in [2.05, 4.69) is 5.10 Å². The fourth-order valence-corrected chi connectivity index (χ4v) is 1.71. The van der Waals surface area contributed by atoms with E-state index in [0.717, 1.165) is 10.9 Å². The Kier molecular flexibility index (Phi) is 2.31. The number of carbonyl (C=O) groups is 1. The first-order valence-electron chi connectivity index (χ1n) is 5.07. The molecule has 0 N–H and O–H groups in total. The largest absolute Gasteiger partial charge is 0.292 e. The molecule has 1 aromatic heterocycles. The van der Waals surface area contributed by atoms with E-state index in [1.165, 1.54) is 0 Å². The highest BCUT2D eigenvalue weighted by Gasteiger charge is 2.18. The molecule has 3 nitrogen and oxygen atoms in total. The summed E-state index contributed by atoms with van der Waals surface area (Å²) in [7, 11) is 1.82. The molecule has 2 aromatic rings. The summed E-state index contributed by atoms with van der Waals surface area (Å²) >= 11 is 0. The molecule has 0 radical (unpaired) electrons. The van der Waals surface area contributed by atoms with Gasteiger partial charge in [-0.1, -0.05) is 32.0 Å². The molecule has 78 valence electrons. The van der Waals surface area contributed by atoms with Crippen LogP contribution in [0.4, 0.5) is 0 Å².